The lowest BCUT2D eigenvalue weighted by Crippen LogP contribution is -2.30. The topological polar surface area (TPSA) is 67.8 Å². The number of thiophene rings is 1. The molecule has 5 nitrogen and oxygen atoms in total. The summed E-state index contributed by atoms with van der Waals surface area (Å²) in [5.41, 5.74) is 2.09. The molecule has 2 N–H and O–H groups in total. The lowest BCUT2D eigenvalue weighted by molar-refractivity contribution is -0.123. The minimum atomic E-state index is -0.243. The van der Waals surface area contributed by atoms with Gasteiger partial charge in [-0.3, -0.25) is 4.79 Å². The number of amides is 1. The van der Waals surface area contributed by atoms with Crippen molar-refractivity contribution in [2.45, 2.75) is 44.6 Å². The van der Waals surface area contributed by atoms with Crippen LogP contribution >= 0.6 is 11.3 Å². The SMILES string of the molecule is CC1(C)Cc2cccc(OCC(=O)NCCC(CCO)c3ccsc3)c2O1. The third-order valence-electron chi connectivity index (χ3n) is 4.72. The molecule has 0 radical (unpaired) electrons. The summed E-state index contributed by atoms with van der Waals surface area (Å²) < 4.78 is 11.7. The van der Waals surface area contributed by atoms with Crippen molar-refractivity contribution in [2.75, 3.05) is 19.8 Å². The van der Waals surface area contributed by atoms with E-state index in [1.807, 2.05) is 37.4 Å². The third kappa shape index (κ3) is 5.23. The Morgan fingerprint density at radius 3 is 2.96 bits per heavy atom. The molecule has 0 saturated carbocycles. The highest BCUT2D eigenvalue weighted by atomic mass is 32.1. The van der Waals surface area contributed by atoms with Crippen molar-refractivity contribution >= 4 is 17.2 Å². The highest BCUT2D eigenvalue weighted by Crippen LogP contribution is 2.41. The van der Waals surface area contributed by atoms with Crippen molar-refractivity contribution < 1.29 is 19.4 Å². The normalized spacial score (nSPS) is 15.7. The van der Waals surface area contributed by atoms with Gasteiger partial charge >= 0.3 is 0 Å². The minimum absolute atomic E-state index is 0.0383. The quantitative estimate of drug-likeness (QED) is 0.689. The van der Waals surface area contributed by atoms with Gasteiger partial charge in [0.2, 0.25) is 0 Å². The minimum Gasteiger partial charge on any atom is -0.483 e. The van der Waals surface area contributed by atoms with Gasteiger partial charge in [-0.25, -0.2) is 0 Å². The lowest BCUT2D eigenvalue weighted by Gasteiger charge is -2.18. The molecule has 0 bridgehead atoms. The summed E-state index contributed by atoms with van der Waals surface area (Å²) in [5.74, 6) is 1.47. The van der Waals surface area contributed by atoms with Gasteiger partial charge in [0, 0.05) is 25.1 Å². The van der Waals surface area contributed by atoms with E-state index in [4.69, 9.17) is 9.47 Å². The molecule has 27 heavy (non-hydrogen) atoms. The van der Waals surface area contributed by atoms with E-state index in [9.17, 15) is 9.90 Å². The highest BCUT2D eigenvalue weighted by Gasteiger charge is 2.32. The first-order valence-electron chi connectivity index (χ1n) is 9.32. The number of aliphatic hydroxyl groups is 1. The molecule has 3 rings (SSSR count). The van der Waals surface area contributed by atoms with Crippen LogP contribution in [0.3, 0.4) is 0 Å². The number of para-hydroxylation sites is 1. The molecule has 0 aliphatic carbocycles. The summed E-state index contributed by atoms with van der Waals surface area (Å²) in [6, 6.07) is 7.87. The monoisotopic (exact) mass is 389 g/mol. The van der Waals surface area contributed by atoms with Gasteiger partial charge in [-0.15, -0.1) is 0 Å². The van der Waals surface area contributed by atoms with Crippen LogP contribution in [0.15, 0.2) is 35.0 Å². The fourth-order valence-corrected chi connectivity index (χ4v) is 4.16. The standard InChI is InChI=1S/C21H27NO4S/c1-21(2)12-16-4-3-5-18(20(16)26-21)25-13-19(24)22-9-6-15(7-10-23)17-8-11-27-14-17/h3-5,8,11,14-15,23H,6-7,9-10,12-13H2,1-2H3,(H,22,24). The van der Waals surface area contributed by atoms with Crippen molar-refractivity contribution in [1.82, 2.24) is 5.32 Å². The zero-order valence-electron chi connectivity index (χ0n) is 15.9. The number of rotatable bonds is 9. The zero-order chi connectivity index (χ0) is 19.3. The van der Waals surface area contributed by atoms with E-state index >= 15 is 0 Å². The van der Waals surface area contributed by atoms with Gasteiger partial charge < -0.3 is 19.9 Å². The van der Waals surface area contributed by atoms with E-state index in [2.05, 4.69) is 16.8 Å². The Morgan fingerprint density at radius 1 is 1.37 bits per heavy atom. The van der Waals surface area contributed by atoms with Crippen LogP contribution in [0.25, 0.3) is 0 Å². The van der Waals surface area contributed by atoms with E-state index < -0.39 is 0 Å². The summed E-state index contributed by atoms with van der Waals surface area (Å²) in [5, 5.41) is 16.3. The molecular weight excluding hydrogens is 362 g/mol. The van der Waals surface area contributed by atoms with Crippen LogP contribution in [0.1, 0.15) is 43.7 Å². The fourth-order valence-electron chi connectivity index (χ4n) is 3.42. The van der Waals surface area contributed by atoms with Crippen LogP contribution in [0.4, 0.5) is 0 Å². The van der Waals surface area contributed by atoms with E-state index in [1.54, 1.807) is 11.3 Å². The molecule has 1 aromatic carbocycles. The van der Waals surface area contributed by atoms with E-state index in [0.29, 0.717) is 18.7 Å². The molecule has 1 aromatic heterocycles. The van der Waals surface area contributed by atoms with Crippen molar-refractivity contribution in [1.29, 1.82) is 0 Å². The van der Waals surface area contributed by atoms with Gasteiger partial charge in [0.05, 0.1) is 0 Å². The molecular formula is C21H27NO4S. The zero-order valence-corrected chi connectivity index (χ0v) is 16.7. The Hall–Kier alpha value is -2.05. The Labute approximate surface area is 164 Å². The van der Waals surface area contributed by atoms with Crippen LogP contribution in [-0.4, -0.2) is 36.4 Å². The molecule has 146 valence electrons. The number of nitrogens with one attached hydrogen (secondary N) is 1. The second kappa shape index (κ2) is 8.76. The third-order valence-corrected chi connectivity index (χ3v) is 5.42. The summed E-state index contributed by atoms with van der Waals surface area (Å²) >= 11 is 1.65. The maximum Gasteiger partial charge on any atom is 0.257 e. The molecule has 2 aromatic rings. The number of fused-ring (bicyclic) bond motifs is 1. The Balaban J connectivity index is 1.46. The largest absolute Gasteiger partial charge is 0.483 e. The number of hydrogen-bond acceptors (Lipinski definition) is 5. The van der Waals surface area contributed by atoms with Crippen LogP contribution in [0, 0.1) is 0 Å². The number of hydrogen-bond donors (Lipinski definition) is 2. The molecule has 0 fully saturated rings. The van der Waals surface area contributed by atoms with Gasteiger partial charge in [0.1, 0.15) is 5.60 Å². The van der Waals surface area contributed by atoms with Crippen molar-refractivity contribution in [3.8, 4) is 11.5 Å². The molecule has 1 amide bonds. The number of ether oxygens (including phenoxy) is 2. The molecule has 1 aliphatic rings. The van der Waals surface area contributed by atoms with Crippen LogP contribution < -0.4 is 14.8 Å². The predicted octanol–water partition coefficient (Wildman–Crippen LogP) is 3.51. The van der Waals surface area contributed by atoms with Crippen molar-refractivity contribution in [3.63, 3.8) is 0 Å². The van der Waals surface area contributed by atoms with Crippen molar-refractivity contribution in [2.24, 2.45) is 0 Å². The fraction of sp³-hybridized carbons (Fsp3) is 0.476. The van der Waals surface area contributed by atoms with Gasteiger partial charge in [-0.05, 0) is 61.1 Å². The van der Waals surface area contributed by atoms with Gasteiger partial charge in [-0.1, -0.05) is 12.1 Å². The Morgan fingerprint density at radius 2 is 2.22 bits per heavy atom. The number of carbonyl (C=O) groups excluding carboxylic acids is 1. The maximum atomic E-state index is 12.1. The Bertz CT molecular complexity index is 758. The average Bonchev–Trinajstić information content (AvgIpc) is 3.25. The molecule has 1 unspecified atom stereocenters. The van der Waals surface area contributed by atoms with Gasteiger partial charge in [-0.2, -0.15) is 11.3 Å². The molecule has 0 saturated heterocycles. The number of carbonyl (C=O) groups is 1. The smallest absolute Gasteiger partial charge is 0.257 e. The van der Waals surface area contributed by atoms with Gasteiger partial charge in [0.25, 0.3) is 5.91 Å². The summed E-state index contributed by atoms with van der Waals surface area (Å²) in [4.78, 5) is 12.1. The lowest BCUT2D eigenvalue weighted by atomic mass is 9.95. The second-order valence-corrected chi connectivity index (χ2v) is 8.26. The van der Waals surface area contributed by atoms with Crippen LogP contribution in [-0.2, 0) is 11.2 Å². The average molecular weight is 390 g/mol. The first kappa shape index (κ1) is 19.7. The van der Waals surface area contributed by atoms with Gasteiger partial charge in [0.15, 0.2) is 18.1 Å². The number of benzene rings is 1. The van der Waals surface area contributed by atoms with Crippen molar-refractivity contribution in [3.05, 3.63) is 46.2 Å². The first-order chi connectivity index (χ1) is 13.0. The highest BCUT2D eigenvalue weighted by molar-refractivity contribution is 7.07. The van der Waals surface area contributed by atoms with E-state index in [-0.39, 0.29) is 30.6 Å². The molecule has 0 spiro atoms. The number of aliphatic hydroxyl groups excluding tert-OH is 1. The second-order valence-electron chi connectivity index (χ2n) is 7.48. The van der Waals surface area contributed by atoms with E-state index in [0.717, 1.165) is 24.2 Å². The molecule has 6 heteroatoms. The summed E-state index contributed by atoms with van der Waals surface area (Å²) in [6.07, 6.45) is 2.33. The molecule has 1 aliphatic heterocycles. The first-order valence-corrected chi connectivity index (χ1v) is 10.3. The maximum absolute atomic E-state index is 12.1. The molecule has 2 heterocycles. The van der Waals surface area contributed by atoms with Crippen LogP contribution in [0.2, 0.25) is 0 Å². The summed E-state index contributed by atoms with van der Waals surface area (Å²) in [6.45, 7) is 4.75. The molecule has 1 atom stereocenters. The van der Waals surface area contributed by atoms with Crippen LogP contribution in [0.5, 0.6) is 11.5 Å². The predicted molar refractivity (Wildman–Crippen MR) is 107 cm³/mol. The summed E-state index contributed by atoms with van der Waals surface area (Å²) in [7, 11) is 0. The van der Waals surface area contributed by atoms with E-state index in [1.165, 1.54) is 5.56 Å². The Kier molecular flexibility index (Phi) is 6.39.